The van der Waals surface area contributed by atoms with Crippen molar-refractivity contribution in [3.8, 4) is 0 Å². The first-order valence-electron chi connectivity index (χ1n) is 50.1. The van der Waals surface area contributed by atoms with Gasteiger partial charge in [0.1, 0.15) is 10.1 Å². The predicted molar refractivity (Wildman–Crippen MR) is 554 cm³/mol. The number of nitrogens with zero attached hydrogens (tertiary/aromatic N) is 18. The quantitative estimate of drug-likeness (QED) is 0.0263. The molecule has 4 aliphatic rings. The number of fused-ring (bicyclic) bond motifs is 4. The third-order valence-electron chi connectivity index (χ3n) is 25.9. The van der Waals surface area contributed by atoms with Crippen LogP contribution in [-0.2, 0) is 111 Å². The summed E-state index contributed by atoms with van der Waals surface area (Å²) in [5, 5.41) is 30.5. The molecule has 4 saturated carbocycles. The average Bonchev–Trinajstić information content (AvgIpc) is 1.75. The van der Waals surface area contributed by atoms with E-state index in [0.29, 0.717) is 116 Å². The number of carbonyl (C=O) groups is 2. The van der Waals surface area contributed by atoms with Gasteiger partial charge in [-0.3, -0.25) is 24.0 Å². The van der Waals surface area contributed by atoms with E-state index >= 15 is 0 Å². The minimum atomic E-state index is -4.50. The van der Waals surface area contributed by atoms with Gasteiger partial charge in [-0.25, -0.2) is 19.6 Å². The number of tetrazole rings is 2. The third-order valence-corrected chi connectivity index (χ3v) is 28.7. The van der Waals surface area contributed by atoms with Crippen LogP contribution < -0.4 is 19.6 Å². The van der Waals surface area contributed by atoms with Crippen LogP contribution in [0.25, 0.3) is 43.6 Å². The molecule has 0 saturated heterocycles. The molecular weight excluding hydrogens is 1960 g/mol. The predicted octanol–water partition coefficient (Wildman–Crippen LogP) is 26.2. The maximum absolute atomic E-state index is 13.6. The lowest BCUT2D eigenvalue weighted by Gasteiger charge is -2.31. The molecule has 2 amide bonds. The highest BCUT2D eigenvalue weighted by Crippen LogP contribution is 2.45. The summed E-state index contributed by atoms with van der Waals surface area (Å²) >= 11 is 1.61. The minimum absolute atomic E-state index is 0.00417. The Morgan fingerprint density at radius 1 is 0.405 bits per heavy atom. The van der Waals surface area contributed by atoms with Crippen molar-refractivity contribution < 1.29 is 76.0 Å². The van der Waals surface area contributed by atoms with Gasteiger partial charge in [-0.15, -0.1) is 22.0 Å². The molecule has 6 heterocycles. The van der Waals surface area contributed by atoms with Gasteiger partial charge in [0.05, 0.1) is 107 Å². The van der Waals surface area contributed by atoms with Gasteiger partial charge < -0.3 is 29.1 Å². The van der Waals surface area contributed by atoms with Crippen LogP contribution in [0.4, 0.5) is 85.5 Å². The SMILES string of the molecule is CCCS(=O)c1nc2c(C)cccc2cc1CN(Cc1cc(C)cc(C(F)(F)F)c1)C(=O)OCC.CCCSc1nc2c(C)cccc2cc1CN(Cc1cc(C)cc(C(F)(F)F)c1)C(=O)OCC.Cc1cc(CN(Cc2cnc3ccc(C)cc3c2N(CC2CC2)CC2CC2)c2nnn(C)n2)cc(C(F)(F)F)c1.Cc1cc(CN(Cc2cnc3ccccc3c2N(CC2CC2)CC2CC2)c2nnn(C)n2)cc(C(F)(F)F)c1. The van der Waals surface area contributed by atoms with Crippen molar-refractivity contribution in [3.63, 3.8) is 0 Å². The second-order valence-corrected chi connectivity index (χ2v) is 41.9. The number of aryl methyl sites for hydroxylation is 9. The molecule has 784 valence electrons. The molecule has 18 rings (SSSR count). The molecule has 4 aliphatic carbocycles. The van der Waals surface area contributed by atoms with Crippen molar-refractivity contribution in [1.82, 2.24) is 70.2 Å². The number of carbonyl (C=O) groups excluding carboxylic acids is 2. The number of amides is 2. The summed E-state index contributed by atoms with van der Waals surface area (Å²) in [6, 6.07) is 45.9. The number of pyridine rings is 4. The van der Waals surface area contributed by atoms with Gasteiger partial charge >= 0.3 is 36.9 Å². The Balaban J connectivity index is 0.000000148. The number of rotatable bonds is 36. The summed E-state index contributed by atoms with van der Waals surface area (Å²) in [4.78, 5) is 59.2. The van der Waals surface area contributed by atoms with E-state index < -0.39 is 69.9 Å². The molecule has 0 bridgehead atoms. The first kappa shape index (κ1) is 109. The topological polar surface area (TPSA) is 228 Å². The smallest absolute Gasteiger partial charge is 0.416 e. The van der Waals surface area contributed by atoms with Gasteiger partial charge in [0.15, 0.2) is 0 Å². The highest BCUT2D eigenvalue weighted by molar-refractivity contribution is 7.99. The van der Waals surface area contributed by atoms with Crippen LogP contribution in [0.2, 0.25) is 0 Å². The van der Waals surface area contributed by atoms with E-state index in [2.05, 4.69) is 78.7 Å². The van der Waals surface area contributed by atoms with Crippen molar-refractivity contribution in [3.05, 3.63) is 282 Å². The number of alkyl halides is 12. The van der Waals surface area contributed by atoms with E-state index in [9.17, 15) is 66.5 Å². The number of benzene rings is 8. The van der Waals surface area contributed by atoms with Crippen LogP contribution in [0.5, 0.6) is 0 Å². The van der Waals surface area contributed by atoms with Gasteiger partial charge in [-0.05, 0) is 279 Å². The number of thioether (sulfide) groups is 1. The van der Waals surface area contributed by atoms with Gasteiger partial charge in [-0.2, -0.15) is 62.3 Å². The average molecular weight is 2080 g/mol. The highest BCUT2D eigenvalue weighted by atomic mass is 32.2. The Kier molecular flexibility index (Phi) is 35.1. The van der Waals surface area contributed by atoms with Crippen molar-refractivity contribution in [2.75, 3.05) is 70.5 Å². The fourth-order valence-electron chi connectivity index (χ4n) is 18.4. The van der Waals surface area contributed by atoms with Crippen LogP contribution in [0.15, 0.2) is 186 Å². The van der Waals surface area contributed by atoms with Crippen LogP contribution in [0.3, 0.4) is 0 Å². The number of aromatic nitrogens is 12. The Morgan fingerprint density at radius 2 is 0.797 bits per heavy atom. The summed E-state index contributed by atoms with van der Waals surface area (Å²) in [7, 11) is 1.97. The van der Waals surface area contributed by atoms with Crippen molar-refractivity contribution in [1.29, 1.82) is 0 Å². The zero-order chi connectivity index (χ0) is 106. The molecule has 23 nitrogen and oxygen atoms in total. The maximum Gasteiger partial charge on any atom is 0.416 e. The number of anilines is 4. The number of para-hydroxylation sites is 3. The first-order valence-corrected chi connectivity index (χ1v) is 52.4. The fraction of sp³-hybridized carbons (Fsp3) is 0.423. The molecule has 0 spiro atoms. The third kappa shape index (κ3) is 29.5. The Bertz CT molecular complexity index is 7040. The van der Waals surface area contributed by atoms with Crippen molar-refractivity contribution in [2.24, 2.45) is 37.8 Å². The molecule has 0 aliphatic heterocycles. The molecule has 14 aromatic rings. The Hall–Kier alpha value is -13.1. The molecule has 37 heteroatoms. The van der Waals surface area contributed by atoms with E-state index in [-0.39, 0.29) is 52.5 Å². The number of hydrogen-bond acceptors (Lipinski definition) is 20. The van der Waals surface area contributed by atoms with E-state index in [4.69, 9.17) is 29.4 Å². The number of hydrogen-bond donors (Lipinski definition) is 0. The Morgan fingerprint density at radius 3 is 1.19 bits per heavy atom. The lowest BCUT2D eigenvalue weighted by Crippen LogP contribution is -2.31. The summed E-state index contributed by atoms with van der Waals surface area (Å²) in [6.45, 7) is 25.5. The molecule has 0 N–H and O–H groups in total. The summed E-state index contributed by atoms with van der Waals surface area (Å²) in [5.41, 5.74) is 13.5. The lowest BCUT2D eigenvalue weighted by atomic mass is 10.0. The number of ether oxygens (including phenoxy) is 2. The Labute approximate surface area is 860 Å². The monoisotopic (exact) mass is 2080 g/mol. The zero-order valence-corrected chi connectivity index (χ0v) is 87.0. The van der Waals surface area contributed by atoms with Gasteiger partial charge in [0.2, 0.25) is 0 Å². The van der Waals surface area contributed by atoms with Crippen LogP contribution in [0, 0.1) is 72.1 Å². The summed E-state index contributed by atoms with van der Waals surface area (Å²) < 4.78 is 185. The van der Waals surface area contributed by atoms with Crippen LogP contribution >= 0.6 is 11.8 Å². The van der Waals surface area contributed by atoms with Crippen molar-refractivity contribution in [2.45, 2.75) is 227 Å². The second-order valence-electron chi connectivity index (χ2n) is 39.3. The van der Waals surface area contributed by atoms with E-state index in [0.717, 1.165) is 150 Å². The zero-order valence-electron chi connectivity index (χ0n) is 85.4. The minimum Gasteiger partial charge on any atom is -0.450 e. The molecule has 148 heavy (non-hydrogen) atoms. The van der Waals surface area contributed by atoms with E-state index in [1.807, 2.05) is 110 Å². The fourth-order valence-corrected chi connectivity index (χ4v) is 20.4. The van der Waals surface area contributed by atoms with Gasteiger partial charge in [0, 0.05) is 127 Å². The van der Waals surface area contributed by atoms with Gasteiger partial charge in [-0.1, -0.05) is 137 Å². The molecule has 4 fully saturated rings. The normalized spacial score (nSPS) is 14.0. The number of halogens is 12. The molecule has 0 radical (unpaired) electrons. The summed E-state index contributed by atoms with van der Waals surface area (Å²) in [6.07, 6.45) is -3.54. The largest absolute Gasteiger partial charge is 0.450 e. The molecular formula is C111H124F12N18O5S2. The highest BCUT2D eigenvalue weighted by Gasteiger charge is 2.39. The standard InChI is InChI=1S/C30H34F3N7.C29H32F3N7.C26H29F3N2O3S.C26H29F3N2O2S/c1-19-4-9-27-26(12-19)28(39(15-21-5-6-21)16-22-7-8-22)24(14-34-27)18-40(29-35-37-38(3)36-29)17-23-10-20(2)11-25(13-23)30(31,32)33;1-19-11-22(13-24(12-19)29(30,31)32)17-39(28-34-36-37(2)35-28)18-23-14-33-26-6-4-3-5-25(26)27(23)38(15-20-7-8-20)16-21-9-10-21;1-5-10-35(33)24-21(14-20-9-7-8-18(4)23(20)30-24)16-31(25(32)34-6-2)15-19-11-17(3)12-22(13-19)26(27,28)29;1-5-10-34-24-21(14-20-9-7-8-18(4)23(20)30-24)16-31(25(32)33-6-2)15-19-11-17(3)12-22(13-19)26(27,28)29/h4,9-14,21-22H,5-8,15-18H2,1-3H3;3-6,11-14,20-21H,7-10,15-18H2,1-2H3;7-9,11-14H,5-6,10,15-16H2,1-4H3;7-9,11-14H,5-6,10,15-16H2,1-4H3. The second kappa shape index (κ2) is 47.6. The molecule has 6 aromatic heterocycles. The van der Waals surface area contributed by atoms with E-state index in [1.54, 1.807) is 91.7 Å². The molecule has 8 aromatic carbocycles. The van der Waals surface area contributed by atoms with E-state index in [1.165, 1.54) is 101 Å². The van der Waals surface area contributed by atoms with Crippen molar-refractivity contribution >= 4 is 102 Å². The molecule has 1 unspecified atom stereocenters. The molecule has 1 atom stereocenters. The van der Waals surface area contributed by atoms with Gasteiger partial charge in [0.25, 0.3) is 11.9 Å². The van der Waals surface area contributed by atoms with Crippen LogP contribution in [0.1, 0.15) is 198 Å². The lowest BCUT2D eigenvalue weighted by molar-refractivity contribution is -0.138. The maximum atomic E-state index is 13.6. The van der Waals surface area contributed by atoms with Crippen LogP contribution in [-0.4, -0.2) is 137 Å². The first-order chi connectivity index (χ1) is 70.5. The summed E-state index contributed by atoms with van der Waals surface area (Å²) in [5.74, 6) is 4.80.